The zero-order chi connectivity index (χ0) is 24.9. The van der Waals surface area contributed by atoms with E-state index in [-0.39, 0.29) is 5.91 Å². The van der Waals surface area contributed by atoms with E-state index in [1.807, 2.05) is 53.4 Å². The number of aromatic nitrogens is 2. The molecule has 1 amide bonds. The number of benzene rings is 2. The van der Waals surface area contributed by atoms with Crippen LogP contribution in [0.3, 0.4) is 0 Å². The van der Waals surface area contributed by atoms with Gasteiger partial charge in [-0.05, 0) is 30.5 Å². The Bertz CT molecular complexity index is 1230. The number of hydrogen-bond acceptors (Lipinski definition) is 6. The Labute approximate surface area is 212 Å². The number of fused-ring (bicyclic) bond motifs is 1. The smallest absolute Gasteiger partial charge is 0.246 e. The molecule has 0 bridgehead atoms. The van der Waals surface area contributed by atoms with Gasteiger partial charge in [-0.1, -0.05) is 49.6 Å². The van der Waals surface area contributed by atoms with Gasteiger partial charge in [0.1, 0.15) is 11.6 Å². The van der Waals surface area contributed by atoms with Gasteiger partial charge in [-0.2, -0.15) is 0 Å². The minimum atomic E-state index is 0.0420. The number of nitrogens with zero attached hydrogens (tertiary/aromatic N) is 4. The number of amides is 1. The molecule has 2 aromatic carbocycles. The van der Waals surface area contributed by atoms with Crippen molar-refractivity contribution in [1.82, 2.24) is 14.9 Å². The number of piperazine rings is 1. The third-order valence-electron chi connectivity index (χ3n) is 7.28. The van der Waals surface area contributed by atoms with Crippen molar-refractivity contribution in [3.63, 3.8) is 0 Å². The fourth-order valence-corrected chi connectivity index (χ4v) is 5.22. The molecule has 7 nitrogen and oxygen atoms in total. The van der Waals surface area contributed by atoms with Crippen molar-refractivity contribution in [2.75, 3.05) is 45.3 Å². The maximum Gasteiger partial charge on any atom is 0.246 e. The highest BCUT2D eigenvalue weighted by Gasteiger charge is 2.26. The van der Waals surface area contributed by atoms with E-state index in [1.54, 1.807) is 20.3 Å². The predicted molar refractivity (Wildman–Crippen MR) is 143 cm³/mol. The van der Waals surface area contributed by atoms with Crippen LogP contribution in [-0.4, -0.2) is 61.2 Å². The van der Waals surface area contributed by atoms with E-state index in [2.05, 4.69) is 4.90 Å². The Morgan fingerprint density at radius 3 is 2.31 bits per heavy atom. The first-order chi connectivity index (χ1) is 17.7. The number of rotatable bonds is 6. The monoisotopic (exact) mass is 486 g/mol. The lowest BCUT2D eigenvalue weighted by molar-refractivity contribution is -0.126. The topological polar surface area (TPSA) is 67.8 Å². The van der Waals surface area contributed by atoms with E-state index >= 15 is 0 Å². The summed E-state index contributed by atoms with van der Waals surface area (Å²) in [6.07, 6.45) is 9.56. The van der Waals surface area contributed by atoms with Gasteiger partial charge in [0.25, 0.3) is 0 Å². The lowest BCUT2D eigenvalue weighted by Crippen LogP contribution is -2.48. The van der Waals surface area contributed by atoms with Crippen LogP contribution in [0.2, 0.25) is 0 Å². The Morgan fingerprint density at radius 1 is 0.917 bits per heavy atom. The molecule has 0 radical (unpaired) electrons. The molecule has 0 unspecified atom stereocenters. The maximum atomic E-state index is 12.8. The van der Waals surface area contributed by atoms with Crippen molar-refractivity contribution < 1.29 is 14.3 Å². The van der Waals surface area contributed by atoms with E-state index in [0.717, 1.165) is 54.0 Å². The van der Waals surface area contributed by atoms with E-state index < -0.39 is 0 Å². The number of carbonyl (C=O) groups excluding carboxylic acids is 1. The fourth-order valence-electron chi connectivity index (χ4n) is 5.22. The van der Waals surface area contributed by atoms with Gasteiger partial charge in [-0.15, -0.1) is 0 Å². The molecule has 0 atom stereocenters. The highest BCUT2D eigenvalue weighted by Crippen LogP contribution is 2.38. The van der Waals surface area contributed by atoms with Crippen molar-refractivity contribution in [3.05, 3.63) is 59.9 Å². The summed E-state index contributed by atoms with van der Waals surface area (Å²) in [5.74, 6) is 3.62. The summed E-state index contributed by atoms with van der Waals surface area (Å²) in [5.41, 5.74) is 1.90. The molecule has 2 heterocycles. The zero-order valence-corrected chi connectivity index (χ0v) is 21.2. The number of carbonyl (C=O) groups is 1. The molecule has 7 heteroatoms. The van der Waals surface area contributed by atoms with Crippen molar-refractivity contribution in [1.29, 1.82) is 0 Å². The SMILES string of the molecule is COc1cc2nc(C3CCCCC3)nc(N3CCN(C(=O)/C=C/c4ccccc4)CC3)c2cc1OC. The lowest BCUT2D eigenvalue weighted by Gasteiger charge is -2.36. The summed E-state index contributed by atoms with van der Waals surface area (Å²) in [6.45, 7) is 2.73. The Hall–Kier alpha value is -3.61. The van der Waals surface area contributed by atoms with Crippen LogP contribution in [0.1, 0.15) is 49.4 Å². The highest BCUT2D eigenvalue weighted by atomic mass is 16.5. The number of methoxy groups -OCH3 is 2. The van der Waals surface area contributed by atoms with Crippen LogP contribution in [0.25, 0.3) is 17.0 Å². The third-order valence-corrected chi connectivity index (χ3v) is 7.28. The van der Waals surface area contributed by atoms with Gasteiger partial charge in [-0.25, -0.2) is 9.97 Å². The van der Waals surface area contributed by atoms with Gasteiger partial charge >= 0.3 is 0 Å². The zero-order valence-electron chi connectivity index (χ0n) is 21.2. The normalized spacial score (nSPS) is 17.1. The number of hydrogen-bond donors (Lipinski definition) is 0. The van der Waals surface area contributed by atoms with Gasteiger partial charge in [0.15, 0.2) is 11.5 Å². The molecule has 1 aliphatic carbocycles. The second kappa shape index (κ2) is 11.0. The van der Waals surface area contributed by atoms with Crippen LogP contribution in [0.5, 0.6) is 11.5 Å². The molecule has 1 saturated heterocycles. The summed E-state index contributed by atoms with van der Waals surface area (Å²) in [6, 6.07) is 13.8. The van der Waals surface area contributed by atoms with Crippen LogP contribution in [-0.2, 0) is 4.79 Å². The average molecular weight is 487 g/mol. The average Bonchev–Trinajstić information content (AvgIpc) is 2.95. The van der Waals surface area contributed by atoms with Crippen LogP contribution >= 0.6 is 0 Å². The lowest BCUT2D eigenvalue weighted by atomic mass is 9.88. The molecule has 0 N–H and O–H groups in total. The highest BCUT2D eigenvalue weighted by molar-refractivity contribution is 5.93. The van der Waals surface area contributed by atoms with Gasteiger partial charge < -0.3 is 19.3 Å². The summed E-state index contributed by atoms with van der Waals surface area (Å²) in [7, 11) is 3.30. The summed E-state index contributed by atoms with van der Waals surface area (Å²) in [4.78, 5) is 27.1. The first-order valence-corrected chi connectivity index (χ1v) is 12.9. The molecule has 36 heavy (non-hydrogen) atoms. The molecular weight excluding hydrogens is 452 g/mol. The fraction of sp³-hybridized carbons (Fsp3) is 0.414. The van der Waals surface area contributed by atoms with E-state index in [4.69, 9.17) is 19.4 Å². The standard InChI is InChI=1S/C29H34N4O3/c1-35-25-19-23-24(20-26(25)36-2)30-28(22-11-7-4-8-12-22)31-29(23)33-17-15-32(16-18-33)27(34)14-13-21-9-5-3-6-10-21/h3,5-6,9-10,13-14,19-20,22H,4,7-8,11-12,15-18H2,1-2H3/b14-13+. The van der Waals surface area contributed by atoms with Crippen molar-refractivity contribution in [2.24, 2.45) is 0 Å². The molecule has 3 aromatic rings. The Morgan fingerprint density at radius 2 is 1.61 bits per heavy atom. The van der Waals surface area contributed by atoms with Crippen LogP contribution < -0.4 is 14.4 Å². The minimum Gasteiger partial charge on any atom is -0.493 e. The third kappa shape index (κ3) is 5.15. The largest absolute Gasteiger partial charge is 0.493 e. The second-order valence-electron chi connectivity index (χ2n) is 9.52. The molecule has 2 fully saturated rings. The van der Waals surface area contributed by atoms with Gasteiger partial charge in [0.2, 0.25) is 5.91 Å². The van der Waals surface area contributed by atoms with Crippen LogP contribution in [0, 0.1) is 0 Å². The van der Waals surface area contributed by atoms with Crippen molar-refractivity contribution >= 4 is 28.7 Å². The van der Waals surface area contributed by atoms with E-state index in [9.17, 15) is 4.79 Å². The molecule has 5 rings (SSSR count). The first kappa shape index (κ1) is 24.1. The molecule has 0 spiro atoms. The van der Waals surface area contributed by atoms with Gasteiger partial charge in [-0.3, -0.25) is 4.79 Å². The quantitative estimate of drug-likeness (QED) is 0.454. The molecule has 1 aliphatic heterocycles. The van der Waals surface area contributed by atoms with E-state index in [0.29, 0.717) is 30.5 Å². The molecule has 2 aliphatic rings. The van der Waals surface area contributed by atoms with Gasteiger partial charge in [0.05, 0.1) is 19.7 Å². The predicted octanol–water partition coefficient (Wildman–Crippen LogP) is 5.06. The summed E-state index contributed by atoms with van der Waals surface area (Å²) >= 11 is 0. The van der Waals surface area contributed by atoms with Crippen molar-refractivity contribution in [3.8, 4) is 11.5 Å². The Kier molecular flexibility index (Phi) is 7.35. The van der Waals surface area contributed by atoms with Crippen LogP contribution in [0.4, 0.5) is 5.82 Å². The second-order valence-corrected chi connectivity index (χ2v) is 9.52. The van der Waals surface area contributed by atoms with Gasteiger partial charge in [0, 0.05) is 49.6 Å². The minimum absolute atomic E-state index is 0.0420. The summed E-state index contributed by atoms with van der Waals surface area (Å²) < 4.78 is 11.1. The molecule has 1 saturated carbocycles. The molecular formula is C29H34N4O3. The molecule has 188 valence electrons. The number of ether oxygens (including phenoxy) is 2. The van der Waals surface area contributed by atoms with E-state index in [1.165, 1.54) is 19.3 Å². The van der Waals surface area contributed by atoms with Crippen molar-refractivity contribution in [2.45, 2.75) is 38.0 Å². The Balaban J connectivity index is 1.40. The maximum absolute atomic E-state index is 12.8. The summed E-state index contributed by atoms with van der Waals surface area (Å²) in [5, 5.41) is 0.955. The number of anilines is 1. The molecule has 1 aromatic heterocycles. The first-order valence-electron chi connectivity index (χ1n) is 12.9. The van der Waals surface area contributed by atoms with Crippen LogP contribution in [0.15, 0.2) is 48.5 Å².